The average Bonchev–Trinajstić information content (AvgIpc) is 3.04. The number of alkyl halides is 2. The Bertz CT molecular complexity index is 838. The second kappa shape index (κ2) is 8.15. The average molecular weight is 378 g/mol. The lowest BCUT2D eigenvalue weighted by molar-refractivity contribution is -0.120. The lowest BCUT2D eigenvalue weighted by Crippen LogP contribution is -2.34. The van der Waals surface area contributed by atoms with Gasteiger partial charge >= 0.3 is 6.61 Å². The number of nitrogens with two attached hydrogens (primary N) is 1. The SMILES string of the molecule is NC(=O)c1cnn2c1CC(CNC(=O)Cc1ccccc1OC(F)F)CC2. The Morgan fingerprint density at radius 2 is 2.15 bits per heavy atom. The van der Waals surface area contributed by atoms with E-state index in [9.17, 15) is 18.4 Å². The maximum Gasteiger partial charge on any atom is 0.387 e. The predicted molar refractivity (Wildman–Crippen MR) is 92.3 cm³/mol. The first kappa shape index (κ1) is 18.8. The third-order valence-electron chi connectivity index (χ3n) is 4.57. The van der Waals surface area contributed by atoms with Crippen molar-refractivity contribution in [3.63, 3.8) is 0 Å². The van der Waals surface area contributed by atoms with Crippen molar-refractivity contribution in [2.24, 2.45) is 11.7 Å². The molecule has 1 aromatic heterocycles. The van der Waals surface area contributed by atoms with Gasteiger partial charge in [0.25, 0.3) is 5.91 Å². The van der Waals surface area contributed by atoms with Crippen LogP contribution in [0.25, 0.3) is 0 Å². The van der Waals surface area contributed by atoms with Crippen LogP contribution in [0.3, 0.4) is 0 Å². The molecular formula is C18H20F2N4O3. The van der Waals surface area contributed by atoms with Crippen LogP contribution in [-0.4, -0.2) is 34.8 Å². The van der Waals surface area contributed by atoms with Crippen molar-refractivity contribution in [3.8, 4) is 5.75 Å². The molecule has 7 nitrogen and oxygen atoms in total. The molecule has 0 saturated carbocycles. The van der Waals surface area contributed by atoms with E-state index in [0.717, 1.165) is 12.1 Å². The first-order valence-corrected chi connectivity index (χ1v) is 8.58. The summed E-state index contributed by atoms with van der Waals surface area (Å²) in [6, 6.07) is 6.22. The number of benzene rings is 1. The number of para-hydroxylation sites is 1. The van der Waals surface area contributed by atoms with Gasteiger partial charge in [-0.1, -0.05) is 18.2 Å². The van der Waals surface area contributed by atoms with Crippen molar-refractivity contribution in [1.29, 1.82) is 0 Å². The molecule has 1 atom stereocenters. The van der Waals surface area contributed by atoms with Crippen LogP contribution in [0.4, 0.5) is 8.78 Å². The van der Waals surface area contributed by atoms with E-state index in [1.165, 1.54) is 12.3 Å². The summed E-state index contributed by atoms with van der Waals surface area (Å²) < 4.78 is 31.1. The Labute approximate surface area is 154 Å². The van der Waals surface area contributed by atoms with Gasteiger partial charge in [0, 0.05) is 18.7 Å². The van der Waals surface area contributed by atoms with Crippen molar-refractivity contribution in [2.75, 3.05) is 6.54 Å². The van der Waals surface area contributed by atoms with Crippen LogP contribution in [-0.2, 0) is 24.2 Å². The van der Waals surface area contributed by atoms with Crippen LogP contribution in [0.5, 0.6) is 5.75 Å². The molecule has 2 heterocycles. The number of carbonyl (C=O) groups is 2. The van der Waals surface area contributed by atoms with Crippen LogP contribution in [0.15, 0.2) is 30.5 Å². The highest BCUT2D eigenvalue weighted by molar-refractivity contribution is 5.93. The number of nitrogens with zero attached hydrogens (tertiary/aromatic N) is 2. The fraction of sp³-hybridized carbons (Fsp3) is 0.389. The summed E-state index contributed by atoms with van der Waals surface area (Å²) in [5, 5.41) is 6.98. The second-order valence-corrected chi connectivity index (χ2v) is 6.42. The zero-order valence-electron chi connectivity index (χ0n) is 14.5. The van der Waals surface area contributed by atoms with Crippen molar-refractivity contribution in [3.05, 3.63) is 47.3 Å². The van der Waals surface area contributed by atoms with Gasteiger partial charge in [-0.3, -0.25) is 14.3 Å². The minimum absolute atomic E-state index is 0.00434. The van der Waals surface area contributed by atoms with Gasteiger partial charge in [0.05, 0.1) is 23.9 Å². The zero-order chi connectivity index (χ0) is 19.4. The number of nitrogens with one attached hydrogen (secondary N) is 1. The lowest BCUT2D eigenvalue weighted by atomic mass is 9.94. The molecule has 2 aromatic rings. The van der Waals surface area contributed by atoms with Gasteiger partial charge in [-0.15, -0.1) is 0 Å². The van der Waals surface area contributed by atoms with Crippen LogP contribution < -0.4 is 15.8 Å². The molecule has 0 fully saturated rings. The van der Waals surface area contributed by atoms with E-state index in [1.807, 2.05) is 0 Å². The summed E-state index contributed by atoms with van der Waals surface area (Å²) >= 11 is 0. The number of aryl methyl sites for hydroxylation is 1. The molecular weight excluding hydrogens is 358 g/mol. The van der Waals surface area contributed by atoms with Crippen molar-refractivity contribution in [2.45, 2.75) is 32.4 Å². The van der Waals surface area contributed by atoms with E-state index in [1.54, 1.807) is 22.9 Å². The summed E-state index contributed by atoms with van der Waals surface area (Å²) in [4.78, 5) is 23.7. The zero-order valence-corrected chi connectivity index (χ0v) is 14.5. The number of halogens is 2. The largest absolute Gasteiger partial charge is 0.435 e. The molecule has 0 bridgehead atoms. The number of hydrogen-bond acceptors (Lipinski definition) is 4. The van der Waals surface area contributed by atoms with Crippen molar-refractivity contribution in [1.82, 2.24) is 15.1 Å². The second-order valence-electron chi connectivity index (χ2n) is 6.42. The number of hydrogen-bond donors (Lipinski definition) is 2. The fourth-order valence-electron chi connectivity index (χ4n) is 3.23. The monoisotopic (exact) mass is 378 g/mol. The Balaban J connectivity index is 1.56. The molecule has 0 aliphatic carbocycles. The summed E-state index contributed by atoms with van der Waals surface area (Å²) in [5.41, 5.74) is 6.94. The maximum atomic E-state index is 12.5. The highest BCUT2D eigenvalue weighted by Gasteiger charge is 2.24. The van der Waals surface area contributed by atoms with Gasteiger partial charge in [0.2, 0.25) is 5.91 Å². The highest BCUT2D eigenvalue weighted by atomic mass is 19.3. The quantitative estimate of drug-likeness (QED) is 0.763. The molecule has 9 heteroatoms. The van der Waals surface area contributed by atoms with Gasteiger partial charge in [0.15, 0.2) is 0 Å². The normalized spacial score (nSPS) is 16.0. The van der Waals surface area contributed by atoms with Crippen LogP contribution in [0, 0.1) is 5.92 Å². The summed E-state index contributed by atoms with van der Waals surface area (Å²) in [7, 11) is 0. The van der Waals surface area contributed by atoms with Crippen LogP contribution >= 0.6 is 0 Å². The number of fused-ring (bicyclic) bond motifs is 1. The standard InChI is InChI=1S/C18H20F2N4O3/c19-18(20)27-15-4-2-1-3-12(15)8-16(25)22-9-11-5-6-24-14(7-11)13(10-23-24)17(21)26/h1-4,10-11,18H,5-9H2,(H2,21,26)(H,22,25). The van der Waals surface area contributed by atoms with E-state index >= 15 is 0 Å². The molecule has 0 saturated heterocycles. The smallest absolute Gasteiger partial charge is 0.387 e. The molecule has 3 rings (SSSR count). The fourth-order valence-corrected chi connectivity index (χ4v) is 3.23. The van der Waals surface area contributed by atoms with Crippen LogP contribution in [0.2, 0.25) is 0 Å². The number of rotatable bonds is 7. The number of amides is 2. The van der Waals surface area contributed by atoms with Gasteiger partial charge < -0.3 is 15.8 Å². The topological polar surface area (TPSA) is 99.2 Å². The molecule has 1 unspecified atom stereocenters. The van der Waals surface area contributed by atoms with Crippen molar-refractivity contribution < 1.29 is 23.1 Å². The number of carbonyl (C=O) groups excluding carboxylic acids is 2. The molecule has 27 heavy (non-hydrogen) atoms. The van der Waals surface area contributed by atoms with Gasteiger partial charge in [-0.2, -0.15) is 13.9 Å². The Hall–Kier alpha value is -2.97. The Morgan fingerprint density at radius 3 is 2.89 bits per heavy atom. The predicted octanol–water partition coefficient (Wildman–Crippen LogP) is 1.50. The van der Waals surface area contributed by atoms with E-state index in [4.69, 9.17) is 5.73 Å². The molecule has 1 aliphatic heterocycles. The molecule has 3 N–H and O–H groups in total. The minimum atomic E-state index is -2.94. The lowest BCUT2D eigenvalue weighted by Gasteiger charge is -2.24. The van der Waals surface area contributed by atoms with E-state index in [-0.39, 0.29) is 24.0 Å². The maximum absolute atomic E-state index is 12.5. The first-order chi connectivity index (χ1) is 12.9. The van der Waals surface area contributed by atoms with Crippen LogP contribution in [0.1, 0.15) is 28.0 Å². The van der Waals surface area contributed by atoms with Gasteiger partial charge in [0.1, 0.15) is 5.75 Å². The molecule has 0 radical (unpaired) electrons. The van der Waals surface area contributed by atoms with E-state index in [2.05, 4.69) is 15.2 Å². The minimum Gasteiger partial charge on any atom is -0.435 e. The molecule has 1 aromatic carbocycles. The van der Waals surface area contributed by atoms with E-state index in [0.29, 0.717) is 30.6 Å². The van der Waals surface area contributed by atoms with Gasteiger partial charge in [-0.05, 0) is 24.8 Å². The molecule has 2 amide bonds. The van der Waals surface area contributed by atoms with Crippen molar-refractivity contribution >= 4 is 11.8 Å². The first-order valence-electron chi connectivity index (χ1n) is 8.58. The highest BCUT2D eigenvalue weighted by Crippen LogP contribution is 2.23. The molecule has 144 valence electrons. The number of ether oxygens (including phenoxy) is 1. The molecule has 1 aliphatic rings. The number of aromatic nitrogens is 2. The third kappa shape index (κ3) is 4.60. The summed E-state index contributed by atoms with van der Waals surface area (Å²) in [6.07, 6.45) is 2.81. The van der Waals surface area contributed by atoms with E-state index < -0.39 is 12.5 Å². The summed E-state index contributed by atoms with van der Waals surface area (Å²) in [6.45, 7) is -1.88. The summed E-state index contributed by atoms with van der Waals surface area (Å²) in [5.74, 6) is -0.662. The number of primary amides is 1. The molecule has 0 spiro atoms. The Morgan fingerprint density at radius 1 is 1.37 bits per heavy atom. The third-order valence-corrected chi connectivity index (χ3v) is 4.57. The van der Waals surface area contributed by atoms with Gasteiger partial charge in [-0.25, -0.2) is 0 Å². The Kier molecular flexibility index (Phi) is 5.68.